The second kappa shape index (κ2) is 7.48. The van der Waals surface area contributed by atoms with E-state index in [1.807, 2.05) is 12.1 Å². The quantitative estimate of drug-likeness (QED) is 0.800. The van der Waals surface area contributed by atoms with Crippen LogP contribution in [0.15, 0.2) is 47.4 Å². The van der Waals surface area contributed by atoms with Crippen LogP contribution in [0.3, 0.4) is 0 Å². The monoisotopic (exact) mass is 360 g/mol. The van der Waals surface area contributed by atoms with E-state index in [1.54, 1.807) is 44.6 Å². The Balaban J connectivity index is 1.81. The smallest absolute Gasteiger partial charge is 0.260 e. The van der Waals surface area contributed by atoms with Crippen molar-refractivity contribution in [2.24, 2.45) is 0 Å². The summed E-state index contributed by atoms with van der Waals surface area (Å²) in [6.45, 7) is 0. The SMILES string of the molecule is COc1cccc(/C=C2\SC(Nc3ccccc3F)NC2=O)c1OC. The number of amides is 1. The number of carbonyl (C=O) groups excluding carboxylic acids is 1. The number of carbonyl (C=O) groups is 1. The molecule has 1 atom stereocenters. The Morgan fingerprint density at radius 1 is 1.16 bits per heavy atom. The van der Waals surface area contributed by atoms with Crippen LogP contribution in [0.4, 0.5) is 10.1 Å². The molecule has 2 N–H and O–H groups in total. The molecule has 3 rings (SSSR count). The summed E-state index contributed by atoms with van der Waals surface area (Å²) in [5.41, 5.74) is 0.610. The van der Waals surface area contributed by atoms with Crippen LogP contribution in [0.25, 0.3) is 6.08 Å². The lowest BCUT2D eigenvalue weighted by molar-refractivity contribution is -0.116. The average molecular weight is 360 g/mol. The molecule has 1 amide bonds. The van der Waals surface area contributed by atoms with E-state index in [2.05, 4.69) is 10.6 Å². The molecule has 130 valence electrons. The lowest BCUT2D eigenvalue weighted by Crippen LogP contribution is -2.31. The lowest BCUT2D eigenvalue weighted by atomic mass is 10.1. The van der Waals surface area contributed by atoms with Gasteiger partial charge >= 0.3 is 0 Å². The lowest BCUT2D eigenvalue weighted by Gasteiger charge is -2.13. The molecule has 1 heterocycles. The third-order valence-corrected chi connectivity index (χ3v) is 4.64. The maximum absolute atomic E-state index is 13.7. The Kier molecular flexibility index (Phi) is 5.14. The predicted molar refractivity (Wildman–Crippen MR) is 97.1 cm³/mol. The van der Waals surface area contributed by atoms with Crippen LogP contribution >= 0.6 is 11.8 Å². The Hall–Kier alpha value is -2.67. The van der Waals surface area contributed by atoms with Crippen molar-refractivity contribution < 1.29 is 18.7 Å². The van der Waals surface area contributed by atoms with Gasteiger partial charge in [0.1, 0.15) is 5.82 Å². The van der Waals surface area contributed by atoms with Gasteiger partial charge in [0, 0.05) is 5.56 Å². The van der Waals surface area contributed by atoms with E-state index in [-0.39, 0.29) is 11.7 Å². The highest BCUT2D eigenvalue weighted by atomic mass is 32.2. The Morgan fingerprint density at radius 3 is 2.68 bits per heavy atom. The zero-order chi connectivity index (χ0) is 17.8. The second-order valence-corrected chi connectivity index (χ2v) is 6.33. The van der Waals surface area contributed by atoms with Crippen LogP contribution in [-0.4, -0.2) is 25.6 Å². The summed E-state index contributed by atoms with van der Waals surface area (Å²) < 4.78 is 24.4. The fourth-order valence-corrected chi connectivity index (χ4v) is 3.42. The third-order valence-electron chi connectivity index (χ3n) is 3.61. The number of hydrogen-bond donors (Lipinski definition) is 2. The maximum atomic E-state index is 13.7. The molecule has 0 aliphatic carbocycles. The van der Waals surface area contributed by atoms with Crippen molar-refractivity contribution in [3.8, 4) is 11.5 Å². The van der Waals surface area contributed by atoms with Crippen molar-refractivity contribution in [3.05, 3.63) is 58.8 Å². The molecule has 1 unspecified atom stereocenters. The summed E-state index contributed by atoms with van der Waals surface area (Å²) in [5, 5.41) is 5.74. The minimum absolute atomic E-state index is 0.233. The molecule has 1 aliphatic rings. The molecule has 2 aromatic carbocycles. The number of anilines is 1. The van der Waals surface area contributed by atoms with Gasteiger partial charge in [0.25, 0.3) is 5.91 Å². The van der Waals surface area contributed by atoms with Gasteiger partial charge in [-0.1, -0.05) is 36.0 Å². The molecule has 0 aromatic heterocycles. The highest BCUT2D eigenvalue weighted by Gasteiger charge is 2.28. The number of halogens is 1. The van der Waals surface area contributed by atoms with Crippen LogP contribution in [0, 0.1) is 5.82 Å². The van der Waals surface area contributed by atoms with Crippen molar-refractivity contribution in [2.45, 2.75) is 5.50 Å². The van der Waals surface area contributed by atoms with Crippen molar-refractivity contribution in [3.63, 3.8) is 0 Å². The normalized spacial score (nSPS) is 18.1. The molecule has 0 bridgehead atoms. The topological polar surface area (TPSA) is 59.6 Å². The average Bonchev–Trinajstić information content (AvgIpc) is 2.96. The first-order valence-electron chi connectivity index (χ1n) is 7.53. The number of ether oxygens (including phenoxy) is 2. The molecule has 1 fully saturated rings. The number of hydrogen-bond acceptors (Lipinski definition) is 5. The van der Waals surface area contributed by atoms with Gasteiger partial charge in [-0.3, -0.25) is 4.79 Å². The number of para-hydroxylation sites is 2. The molecule has 25 heavy (non-hydrogen) atoms. The molecule has 7 heteroatoms. The van der Waals surface area contributed by atoms with Gasteiger partial charge in [0.15, 0.2) is 17.0 Å². The van der Waals surface area contributed by atoms with E-state index < -0.39 is 5.50 Å². The van der Waals surface area contributed by atoms with Gasteiger partial charge in [0.05, 0.1) is 24.8 Å². The van der Waals surface area contributed by atoms with Crippen LogP contribution in [0.5, 0.6) is 11.5 Å². The molecule has 0 saturated carbocycles. The highest BCUT2D eigenvalue weighted by Crippen LogP contribution is 2.36. The molecule has 0 radical (unpaired) electrons. The van der Waals surface area contributed by atoms with Gasteiger partial charge in [0.2, 0.25) is 0 Å². The minimum Gasteiger partial charge on any atom is -0.493 e. The fraction of sp³-hybridized carbons (Fsp3) is 0.167. The van der Waals surface area contributed by atoms with Crippen LogP contribution in [0.2, 0.25) is 0 Å². The molecular weight excluding hydrogens is 343 g/mol. The summed E-state index contributed by atoms with van der Waals surface area (Å²) in [5.74, 6) is 0.533. The van der Waals surface area contributed by atoms with Gasteiger partial charge in [-0.25, -0.2) is 4.39 Å². The molecule has 5 nitrogen and oxygen atoms in total. The van der Waals surface area contributed by atoms with Crippen molar-refractivity contribution in [1.29, 1.82) is 0 Å². The molecular formula is C18H17FN2O3S. The van der Waals surface area contributed by atoms with Gasteiger partial charge in [-0.05, 0) is 24.3 Å². The Labute approximate surface area is 149 Å². The second-order valence-electron chi connectivity index (χ2n) is 5.19. The zero-order valence-corrected chi connectivity index (χ0v) is 14.5. The first kappa shape index (κ1) is 17.2. The van der Waals surface area contributed by atoms with Gasteiger partial charge in [-0.2, -0.15) is 0 Å². The van der Waals surface area contributed by atoms with Crippen molar-refractivity contribution in [1.82, 2.24) is 5.32 Å². The first-order chi connectivity index (χ1) is 12.1. The largest absolute Gasteiger partial charge is 0.493 e. The molecule has 2 aromatic rings. The summed E-state index contributed by atoms with van der Waals surface area (Å²) in [7, 11) is 3.10. The van der Waals surface area contributed by atoms with E-state index in [9.17, 15) is 9.18 Å². The molecule has 1 saturated heterocycles. The number of nitrogens with one attached hydrogen (secondary N) is 2. The minimum atomic E-state index is -0.452. The zero-order valence-electron chi connectivity index (χ0n) is 13.7. The number of rotatable bonds is 5. The number of methoxy groups -OCH3 is 2. The van der Waals surface area contributed by atoms with E-state index in [0.29, 0.717) is 22.1 Å². The van der Waals surface area contributed by atoms with E-state index >= 15 is 0 Å². The predicted octanol–water partition coefficient (Wildman–Crippen LogP) is 3.44. The van der Waals surface area contributed by atoms with Gasteiger partial charge in [-0.15, -0.1) is 0 Å². The summed E-state index contributed by atoms with van der Waals surface area (Å²) >= 11 is 1.28. The van der Waals surface area contributed by atoms with Crippen molar-refractivity contribution in [2.75, 3.05) is 19.5 Å². The van der Waals surface area contributed by atoms with Crippen LogP contribution < -0.4 is 20.1 Å². The first-order valence-corrected chi connectivity index (χ1v) is 8.41. The Morgan fingerprint density at radius 2 is 1.96 bits per heavy atom. The van der Waals surface area contributed by atoms with Gasteiger partial charge < -0.3 is 20.1 Å². The van der Waals surface area contributed by atoms with Crippen molar-refractivity contribution >= 4 is 29.4 Å². The van der Waals surface area contributed by atoms with E-state index in [4.69, 9.17) is 9.47 Å². The molecule has 0 spiro atoms. The molecule has 1 aliphatic heterocycles. The summed E-state index contributed by atoms with van der Waals surface area (Å²) in [6.07, 6.45) is 1.73. The number of benzene rings is 2. The number of thioether (sulfide) groups is 1. The summed E-state index contributed by atoms with van der Waals surface area (Å²) in [4.78, 5) is 12.7. The van der Waals surface area contributed by atoms with Crippen LogP contribution in [0.1, 0.15) is 5.56 Å². The third kappa shape index (κ3) is 3.71. The van der Waals surface area contributed by atoms with E-state index in [0.717, 1.165) is 5.56 Å². The van der Waals surface area contributed by atoms with Crippen LogP contribution in [-0.2, 0) is 4.79 Å². The Bertz CT molecular complexity index is 826. The van der Waals surface area contributed by atoms with E-state index in [1.165, 1.54) is 17.8 Å². The standard InChI is InChI=1S/C18H17FN2O3S/c1-23-14-9-5-6-11(16(14)24-2)10-15-17(22)21-18(25-15)20-13-8-4-3-7-12(13)19/h3-10,18,20H,1-2H3,(H,21,22)/b15-10-. The highest BCUT2D eigenvalue weighted by molar-refractivity contribution is 8.05. The fourth-order valence-electron chi connectivity index (χ4n) is 2.45. The maximum Gasteiger partial charge on any atom is 0.260 e. The summed E-state index contributed by atoms with van der Waals surface area (Å²) in [6, 6.07) is 11.8.